The Hall–Kier alpha value is -3.60. The van der Waals surface area contributed by atoms with Crippen LogP contribution in [0.2, 0.25) is 0 Å². The fourth-order valence-corrected chi connectivity index (χ4v) is 2.86. The Morgan fingerprint density at radius 3 is 2.56 bits per heavy atom. The molecule has 0 aliphatic rings. The molecule has 1 heterocycles. The molecule has 0 aliphatic heterocycles. The Balaban J connectivity index is 2.65. The first kappa shape index (κ1) is 19.7. The molecular formula is C19H22N6O2. The lowest BCUT2D eigenvalue weighted by atomic mass is 9.86. The molecule has 1 amide bonds. The SMILES string of the molecule is CCC(C(=O)NC(=CC=O)N(C)C)(c1ccccc1)n1cc(C#N)c(N)n1. The lowest BCUT2D eigenvalue weighted by Crippen LogP contribution is -2.50. The smallest absolute Gasteiger partial charge is 0.258 e. The van der Waals surface area contributed by atoms with Crippen LogP contribution in [0.25, 0.3) is 0 Å². The largest absolute Gasteiger partial charge is 0.381 e. The van der Waals surface area contributed by atoms with Crippen LogP contribution >= 0.6 is 0 Å². The number of aromatic nitrogens is 2. The Labute approximate surface area is 157 Å². The minimum absolute atomic E-state index is 0.0512. The zero-order valence-corrected chi connectivity index (χ0v) is 15.5. The zero-order valence-electron chi connectivity index (χ0n) is 15.5. The quantitative estimate of drug-likeness (QED) is 0.562. The van der Waals surface area contributed by atoms with Gasteiger partial charge in [-0.15, -0.1) is 0 Å². The summed E-state index contributed by atoms with van der Waals surface area (Å²) in [4.78, 5) is 26.0. The molecule has 1 aromatic heterocycles. The number of carbonyl (C=O) groups is 2. The summed E-state index contributed by atoms with van der Waals surface area (Å²) in [7, 11) is 3.43. The molecule has 1 atom stereocenters. The van der Waals surface area contributed by atoms with Crippen molar-refractivity contribution in [3.8, 4) is 6.07 Å². The number of hydrogen-bond donors (Lipinski definition) is 2. The second kappa shape index (κ2) is 8.19. The molecule has 0 bridgehead atoms. The standard InChI is InChI=1S/C19H22N6O2/c1-4-19(15-8-6-5-7-9-15,25-13-14(12-20)17(21)23-25)18(27)22-16(10-11-26)24(2)3/h5-11,13H,4H2,1-3H3,(H2,21,23)(H,22,27). The molecule has 1 unspecified atom stereocenters. The summed E-state index contributed by atoms with van der Waals surface area (Å²) in [6.45, 7) is 1.84. The zero-order chi connectivity index (χ0) is 20.0. The van der Waals surface area contributed by atoms with Crippen LogP contribution in [0.15, 0.2) is 48.4 Å². The van der Waals surface area contributed by atoms with Crippen LogP contribution in [0, 0.1) is 11.3 Å². The third-order valence-electron chi connectivity index (χ3n) is 4.34. The van der Waals surface area contributed by atoms with E-state index in [0.717, 1.165) is 0 Å². The van der Waals surface area contributed by atoms with E-state index >= 15 is 0 Å². The van der Waals surface area contributed by atoms with Gasteiger partial charge in [0, 0.05) is 26.4 Å². The Kier molecular flexibility index (Phi) is 5.98. The summed E-state index contributed by atoms with van der Waals surface area (Å²) >= 11 is 0. The topological polar surface area (TPSA) is 117 Å². The monoisotopic (exact) mass is 366 g/mol. The third-order valence-corrected chi connectivity index (χ3v) is 4.34. The number of nitrogens with zero attached hydrogens (tertiary/aromatic N) is 4. The molecule has 0 saturated carbocycles. The average Bonchev–Trinajstić information content (AvgIpc) is 3.04. The van der Waals surface area contributed by atoms with Gasteiger partial charge < -0.3 is 16.0 Å². The van der Waals surface area contributed by atoms with E-state index in [-0.39, 0.29) is 11.4 Å². The molecule has 0 aliphatic carbocycles. The van der Waals surface area contributed by atoms with Crippen molar-refractivity contribution in [2.75, 3.05) is 19.8 Å². The van der Waals surface area contributed by atoms with Crippen molar-refractivity contribution in [1.82, 2.24) is 20.0 Å². The number of nitrogens with one attached hydrogen (secondary N) is 1. The number of amides is 1. The first-order chi connectivity index (χ1) is 12.9. The van der Waals surface area contributed by atoms with Gasteiger partial charge in [-0.1, -0.05) is 37.3 Å². The van der Waals surface area contributed by atoms with E-state index in [1.165, 1.54) is 17.0 Å². The number of carbonyl (C=O) groups excluding carboxylic acids is 2. The highest BCUT2D eigenvalue weighted by molar-refractivity contribution is 5.90. The van der Waals surface area contributed by atoms with Crippen molar-refractivity contribution in [2.45, 2.75) is 18.9 Å². The predicted molar refractivity (Wildman–Crippen MR) is 101 cm³/mol. The van der Waals surface area contributed by atoms with Gasteiger partial charge in [0.1, 0.15) is 23.7 Å². The van der Waals surface area contributed by atoms with Crippen LogP contribution < -0.4 is 11.1 Å². The molecule has 8 heteroatoms. The van der Waals surface area contributed by atoms with Crippen LogP contribution in [0.5, 0.6) is 0 Å². The van der Waals surface area contributed by atoms with E-state index in [1.54, 1.807) is 19.0 Å². The normalized spacial score (nSPS) is 13.3. The fourth-order valence-electron chi connectivity index (χ4n) is 2.86. The molecule has 0 radical (unpaired) electrons. The number of hydrogen-bond acceptors (Lipinski definition) is 6. The minimum atomic E-state index is -1.25. The van der Waals surface area contributed by atoms with Gasteiger partial charge in [-0.25, -0.2) is 4.68 Å². The van der Waals surface area contributed by atoms with Gasteiger partial charge in [0.15, 0.2) is 11.4 Å². The molecule has 140 valence electrons. The van der Waals surface area contributed by atoms with Crippen LogP contribution in [0.1, 0.15) is 24.5 Å². The van der Waals surface area contributed by atoms with Crippen LogP contribution in [-0.4, -0.2) is 41.0 Å². The summed E-state index contributed by atoms with van der Waals surface area (Å²) in [5.41, 5.74) is 5.45. The highest BCUT2D eigenvalue weighted by atomic mass is 16.2. The van der Waals surface area contributed by atoms with Gasteiger partial charge in [0.25, 0.3) is 5.91 Å². The van der Waals surface area contributed by atoms with E-state index in [0.29, 0.717) is 24.1 Å². The van der Waals surface area contributed by atoms with Gasteiger partial charge in [0.2, 0.25) is 0 Å². The lowest BCUT2D eigenvalue weighted by Gasteiger charge is -2.33. The Morgan fingerprint density at radius 1 is 1.41 bits per heavy atom. The number of rotatable bonds is 7. The van der Waals surface area contributed by atoms with Crippen molar-refractivity contribution >= 4 is 18.0 Å². The van der Waals surface area contributed by atoms with Crippen LogP contribution in [-0.2, 0) is 15.1 Å². The van der Waals surface area contributed by atoms with Gasteiger partial charge >= 0.3 is 0 Å². The molecule has 1 aromatic carbocycles. The maximum atomic E-state index is 13.4. The molecule has 0 saturated heterocycles. The Morgan fingerprint density at radius 2 is 2.07 bits per heavy atom. The Bertz CT molecular complexity index is 895. The molecule has 27 heavy (non-hydrogen) atoms. The first-order valence-corrected chi connectivity index (χ1v) is 8.36. The first-order valence-electron chi connectivity index (χ1n) is 8.36. The number of nitriles is 1. The number of allylic oxidation sites excluding steroid dienone is 1. The lowest BCUT2D eigenvalue weighted by molar-refractivity contribution is -0.128. The summed E-state index contributed by atoms with van der Waals surface area (Å²) in [5.74, 6) is -0.00953. The van der Waals surface area contributed by atoms with Gasteiger partial charge in [-0.05, 0) is 12.0 Å². The van der Waals surface area contributed by atoms with Gasteiger partial charge in [-0.3, -0.25) is 9.59 Å². The minimum Gasteiger partial charge on any atom is -0.381 e. The molecule has 0 spiro atoms. The van der Waals surface area contributed by atoms with Crippen LogP contribution in [0.4, 0.5) is 5.82 Å². The van der Waals surface area contributed by atoms with Gasteiger partial charge in [0.05, 0.1) is 0 Å². The van der Waals surface area contributed by atoms with Crippen molar-refractivity contribution < 1.29 is 9.59 Å². The second-order valence-electron chi connectivity index (χ2n) is 6.10. The van der Waals surface area contributed by atoms with Crippen molar-refractivity contribution in [1.29, 1.82) is 5.26 Å². The van der Waals surface area contributed by atoms with Crippen molar-refractivity contribution in [3.05, 3.63) is 59.6 Å². The number of aldehydes is 1. The second-order valence-corrected chi connectivity index (χ2v) is 6.10. The molecular weight excluding hydrogens is 344 g/mol. The number of anilines is 1. The van der Waals surface area contributed by atoms with E-state index in [1.807, 2.05) is 43.3 Å². The summed E-state index contributed by atoms with van der Waals surface area (Å²) < 4.78 is 1.42. The van der Waals surface area contributed by atoms with Gasteiger partial charge in [-0.2, -0.15) is 10.4 Å². The van der Waals surface area contributed by atoms with E-state index in [9.17, 15) is 14.9 Å². The highest BCUT2D eigenvalue weighted by Crippen LogP contribution is 2.31. The average molecular weight is 366 g/mol. The van der Waals surface area contributed by atoms with Crippen molar-refractivity contribution in [2.24, 2.45) is 0 Å². The van der Waals surface area contributed by atoms with E-state index in [4.69, 9.17) is 5.73 Å². The fraction of sp³-hybridized carbons (Fsp3) is 0.263. The summed E-state index contributed by atoms with van der Waals surface area (Å²) in [6.07, 6.45) is 3.67. The number of nitrogen functional groups attached to an aromatic ring is 1. The molecule has 0 fully saturated rings. The predicted octanol–water partition coefficient (Wildman–Crippen LogP) is 1.21. The molecule has 2 aromatic rings. The third kappa shape index (κ3) is 3.67. The molecule has 3 N–H and O–H groups in total. The molecule has 2 rings (SSSR count). The maximum absolute atomic E-state index is 13.4. The summed E-state index contributed by atoms with van der Waals surface area (Å²) in [5, 5.41) is 16.2. The van der Waals surface area contributed by atoms with E-state index in [2.05, 4.69) is 10.4 Å². The maximum Gasteiger partial charge on any atom is 0.258 e. The van der Waals surface area contributed by atoms with Crippen LogP contribution in [0.3, 0.4) is 0 Å². The molecule has 8 nitrogen and oxygen atoms in total. The van der Waals surface area contributed by atoms with Crippen molar-refractivity contribution in [3.63, 3.8) is 0 Å². The highest BCUT2D eigenvalue weighted by Gasteiger charge is 2.42. The number of benzene rings is 1. The summed E-state index contributed by atoms with van der Waals surface area (Å²) in [6, 6.07) is 11.1. The number of nitrogens with two attached hydrogens (primary N) is 1. The van der Waals surface area contributed by atoms with E-state index < -0.39 is 11.4 Å².